The van der Waals surface area contributed by atoms with E-state index in [1.54, 1.807) is 0 Å². The topological polar surface area (TPSA) is 74.6 Å². The Bertz CT molecular complexity index is 1010. The number of hydrogen-bond donors (Lipinski definition) is 2. The second kappa shape index (κ2) is 7.75. The Morgan fingerprint density at radius 1 is 0.783 bits per heavy atom. The normalized spacial score (nSPS) is 16.0. The minimum absolute atomic E-state index is 0.239. The number of ketones is 2. The first-order valence-electron chi connectivity index (χ1n) is 10.4. The van der Waals surface area contributed by atoms with E-state index >= 15 is 0 Å². The van der Waals surface area contributed by atoms with Crippen molar-refractivity contribution in [2.75, 3.05) is 0 Å². The van der Waals surface area contributed by atoms with Crippen LogP contribution in [0.25, 0.3) is 12.2 Å². The van der Waals surface area contributed by atoms with Crippen LogP contribution in [0.4, 0.5) is 0 Å². The van der Waals surface area contributed by atoms with E-state index in [2.05, 4.69) is 0 Å². The molecule has 0 spiro atoms. The molecule has 0 saturated carbocycles. The second-order valence-electron chi connectivity index (χ2n) is 4.30. The van der Waals surface area contributed by atoms with Gasteiger partial charge in [-0.1, -0.05) is 36.3 Å². The van der Waals surface area contributed by atoms with Crippen LogP contribution in [0.3, 0.4) is 0 Å². The molecule has 0 aliphatic rings. The summed E-state index contributed by atoms with van der Waals surface area (Å²) in [6, 6.07) is -4.87. The molecule has 0 aliphatic carbocycles. The molecule has 0 radical (unpaired) electrons. The lowest BCUT2D eigenvalue weighted by Gasteiger charge is -1.95. The van der Waals surface area contributed by atoms with Crippen molar-refractivity contribution < 1.29 is 30.8 Å². The van der Waals surface area contributed by atoms with Crippen LogP contribution >= 0.6 is 0 Å². The van der Waals surface area contributed by atoms with E-state index in [1.165, 1.54) is 0 Å². The zero-order chi connectivity index (χ0) is 23.6. The molecule has 2 aromatic carbocycles. The summed E-state index contributed by atoms with van der Waals surface area (Å²) in [5, 5.41) is 19.0. The molecule has 0 atom stereocenters. The Kier molecular flexibility index (Phi) is 2.86. The molecule has 2 aromatic rings. The van der Waals surface area contributed by atoms with Crippen LogP contribution in [0.5, 0.6) is 11.5 Å². The number of aromatic hydroxyl groups is 2. The van der Waals surface area contributed by atoms with Crippen LogP contribution in [0, 0.1) is 0 Å². The lowest BCUT2D eigenvalue weighted by Crippen LogP contribution is -2.01. The minimum Gasteiger partial charge on any atom is -0.508 e. The zero-order valence-electron chi connectivity index (χ0n) is 19.7. The van der Waals surface area contributed by atoms with Crippen molar-refractivity contribution in [2.24, 2.45) is 0 Å². The molecular weight excluding hydrogens is 292 g/mol. The molecule has 4 heteroatoms. The highest BCUT2D eigenvalue weighted by atomic mass is 16.3. The highest BCUT2D eigenvalue weighted by molar-refractivity contribution is 6.10. The van der Waals surface area contributed by atoms with Crippen molar-refractivity contribution in [3.8, 4) is 11.5 Å². The Morgan fingerprint density at radius 2 is 1.13 bits per heavy atom. The Labute approximate surface area is 145 Å². The van der Waals surface area contributed by atoms with Gasteiger partial charge >= 0.3 is 0 Å². The van der Waals surface area contributed by atoms with Crippen molar-refractivity contribution in [3.05, 3.63) is 71.6 Å². The molecule has 0 aromatic heterocycles. The highest BCUT2D eigenvalue weighted by Gasteiger charge is 2.03. The highest BCUT2D eigenvalue weighted by Crippen LogP contribution is 2.12. The molecule has 0 bridgehead atoms. The molecule has 2 N–H and O–H groups in total. The third-order valence-corrected chi connectivity index (χ3v) is 2.48. The maximum absolute atomic E-state index is 12.0. The lowest BCUT2D eigenvalue weighted by molar-refractivity contribution is -0.121. The van der Waals surface area contributed by atoms with Gasteiger partial charge in [-0.05, 0) is 47.4 Å². The van der Waals surface area contributed by atoms with Gasteiger partial charge < -0.3 is 10.2 Å². The SMILES string of the molecule is [2H]c1c([2H])c(/C=C/C(=O)CC(=O)/C=C/c2c([2H])c([2H])c(O)c([2H])c2[2H])c([2H])c([2H])c1O. The smallest absolute Gasteiger partial charge is 0.163 e. The molecule has 23 heavy (non-hydrogen) atoms. The summed E-state index contributed by atoms with van der Waals surface area (Å²) in [5.74, 6) is -3.10. The summed E-state index contributed by atoms with van der Waals surface area (Å²) in [4.78, 5) is 24.0. The fourth-order valence-corrected chi connectivity index (χ4v) is 1.44. The molecule has 2 rings (SSSR count). The number of carbonyl (C=O) groups excluding carboxylic acids is 2. The largest absolute Gasteiger partial charge is 0.508 e. The summed E-state index contributed by atoms with van der Waals surface area (Å²) in [7, 11) is 0. The van der Waals surface area contributed by atoms with Crippen LogP contribution in [-0.2, 0) is 9.59 Å². The van der Waals surface area contributed by atoms with Gasteiger partial charge in [0.05, 0.1) is 17.4 Å². The summed E-state index contributed by atoms with van der Waals surface area (Å²) in [5.41, 5.74) is -0.478. The zero-order valence-corrected chi connectivity index (χ0v) is 11.7. The number of hydrogen-bond acceptors (Lipinski definition) is 4. The average Bonchev–Trinajstić information content (AvgIpc) is 2.73. The summed E-state index contributed by atoms with van der Waals surface area (Å²) < 4.78 is 61.1. The summed E-state index contributed by atoms with van der Waals surface area (Å²) >= 11 is 0. The molecule has 116 valence electrons. The molecule has 4 nitrogen and oxygen atoms in total. The minimum atomic E-state index is -0.817. The van der Waals surface area contributed by atoms with Crippen LogP contribution in [0.15, 0.2) is 60.5 Å². The average molecular weight is 316 g/mol. The first-order chi connectivity index (χ1) is 14.4. The van der Waals surface area contributed by atoms with Crippen molar-refractivity contribution in [2.45, 2.75) is 6.42 Å². The van der Waals surface area contributed by atoms with E-state index in [0.717, 1.165) is 24.3 Å². The number of phenols is 2. The van der Waals surface area contributed by atoms with E-state index in [1.807, 2.05) is 0 Å². The van der Waals surface area contributed by atoms with Crippen LogP contribution < -0.4 is 0 Å². The van der Waals surface area contributed by atoms with E-state index in [0.29, 0.717) is 0 Å². The Hall–Kier alpha value is -3.14. The Morgan fingerprint density at radius 3 is 1.48 bits per heavy atom. The number of benzene rings is 2. The molecule has 0 aliphatic heterocycles. The maximum Gasteiger partial charge on any atom is 0.163 e. The van der Waals surface area contributed by atoms with Gasteiger partial charge in [-0.15, -0.1) is 0 Å². The van der Waals surface area contributed by atoms with Gasteiger partial charge in [0.25, 0.3) is 0 Å². The maximum atomic E-state index is 12.0. The molecule has 0 unspecified atom stereocenters. The predicted molar refractivity (Wildman–Crippen MR) is 88.9 cm³/mol. The number of phenolic OH excluding ortho intramolecular Hbond substituents is 2. The van der Waals surface area contributed by atoms with Crippen molar-refractivity contribution in [3.63, 3.8) is 0 Å². The standard InChI is InChI=1S/C19H16O4/c20-16-7-1-14(2-8-16)5-11-18(22)13-19(23)12-6-15-3-9-17(21)10-4-15/h1-12,20-21H,13H2/b11-5+,12-6+/i1D,2D,3D,4D,7D,8D,9D,10D. The number of allylic oxidation sites excluding steroid dienone is 2. The van der Waals surface area contributed by atoms with Gasteiger partial charge in [-0.3, -0.25) is 9.59 Å². The molecular formula is C19H16O4. The van der Waals surface area contributed by atoms with E-state index in [-0.39, 0.29) is 11.1 Å². The molecule has 0 fully saturated rings. The number of carbonyl (C=O) groups is 2. The van der Waals surface area contributed by atoms with Crippen LogP contribution in [0.1, 0.15) is 28.5 Å². The Balaban J connectivity index is 2.20. The van der Waals surface area contributed by atoms with Gasteiger partial charge in [0.15, 0.2) is 11.6 Å². The monoisotopic (exact) mass is 316 g/mol. The molecule has 0 saturated heterocycles. The van der Waals surface area contributed by atoms with E-state index in [9.17, 15) is 19.8 Å². The third-order valence-electron chi connectivity index (χ3n) is 2.48. The van der Waals surface area contributed by atoms with Crippen LogP contribution in [-0.4, -0.2) is 21.8 Å². The fraction of sp³-hybridized carbons (Fsp3) is 0.0526. The van der Waals surface area contributed by atoms with Crippen molar-refractivity contribution in [1.82, 2.24) is 0 Å². The first kappa shape index (κ1) is 8.48. The van der Waals surface area contributed by atoms with Gasteiger partial charge in [0, 0.05) is 0 Å². The van der Waals surface area contributed by atoms with E-state index < -0.39 is 77.8 Å². The first-order valence-corrected chi connectivity index (χ1v) is 6.38. The predicted octanol–water partition coefficient (Wildman–Crippen LogP) is 3.35. The third kappa shape index (κ3) is 5.63. The van der Waals surface area contributed by atoms with Crippen molar-refractivity contribution in [1.29, 1.82) is 0 Å². The van der Waals surface area contributed by atoms with Crippen LogP contribution in [0.2, 0.25) is 0 Å². The fourth-order valence-electron chi connectivity index (χ4n) is 1.44. The van der Waals surface area contributed by atoms with Gasteiger partial charge in [-0.25, -0.2) is 0 Å². The lowest BCUT2D eigenvalue weighted by atomic mass is 10.1. The van der Waals surface area contributed by atoms with Gasteiger partial charge in [0.1, 0.15) is 11.5 Å². The number of rotatable bonds is 6. The van der Waals surface area contributed by atoms with Crippen molar-refractivity contribution >= 4 is 23.7 Å². The summed E-state index contributed by atoms with van der Waals surface area (Å²) in [6.07, 6.45) is 3.14. The van der Waals surface area contributed by atoms with Gasteiger partial charge in [-0.2, -0.15) is 0 Å². The molecule has 0 heterocycles. The molecule has 0 amide bonds. The van der Waals surface area contributed by atoms with Gasteiger partial charge in [0.2, 0.25) is 0 Å². The second-order valence-corrected chi connectivity index (χ2v) is 4.30. The summed E-state index contributed by atoms with van der Waals surface area (Å²) in [6.45, 7) is 0. The quantitative estimate of drug-likeness (QED) is 0.633. The van der Waals surface area contributed by atoms with E-state index in [4.69, 9.17) is 11.0 Å².